The highest BCUT2D eigenvalue weighted by molar-refractivity contribution is 5.77. The highest BCUT2D eigenvalue weighted by Crippen LogP contribution is 2.17. The number of esters is 1. The van der Waals surface area contributed by atoms with Crippen LogP contribution in [0.15, 0.2) is 109 Å². The zero-order valence-corrected chi connectivity index (χ0v) is 42.8. The quantitative estimate of drug-likeness (QED) is 0.0321. The van der Waals surface area contributed by atoms with Gasteiger partial charge in [0.25, 0.3) is 0 Å². The van der Waals surface area contributed by atoms with Crippen LogP contribution >= 0.6 is 0 Å². The van der Waals surface area contributed by atoms with E-state index in [2.05, 4.69) is 129 Å². The Kier molecular flexibility index (Phi) is 49.7. The third-order valence-electron chi connectivity index (χ3n) is 11.6. The molecule has 3 unspecified atom stereocenters. The molecule has 0 aliphatic heterocycles. The van der Waals surface area contributed by atoms with Crippen molar-refractivity contribution in [3.8, 4) is 0 Å². The lowest BCUT2D eigenvalue weighted by Gasteiger charge is -2.24. The minimum atomic E-state index is -0.813. The van der Waals surface area contributed by atoms with Crippen molar-refractivity contribution in [1.29, 1.82) is 0 Å². The summed E-state index contributed by atoms with van der Waals surface area (Å²) in [7, 11) is 0. The van der Waals surface area contributed by atoms with Gasteiger partial charge in [0.1, 0.15) is 6.10 Å². The summed E-state index contributed by atoms with van der Waals surface area (Å²) in [5, 5.41) is 23.8. The number of carbonyl (C=O) groups excluding carboxylic acids is 2. The molecule has 0 heterocycles. The molecule has 0 aliphatic rings. The topological polar surface area (TPSA) is 95.9 Å². The van der Waals surface area contributed by atoms with E-state index in [1.165, 1.54) is 70.6 Å². The maximum absolute atomic E-state index is 13.2. The number of aliphatic hydroxyl groups is 2. The van der Waals surface area contributed by atoms with Crippen molar-refractivity contribution in [2.24, 2.45) is 0 Å². The highest BCUT2D eigenvalue weighted by atomic mass is 16.5. The van der Waals surface area contributed by atoms with E-state index >= 15 is 0 Å². The summed E-state index contributed by atoms with van der Waals surface area (Å²) in [5.41, 5.74) is 0. The second-order valence-corrected chi connectivity index (χ2v) is 17.9. The van der Waals surface area contributed by atoms with Gasteiger partial charge in [0.2, 0.25) is 5.91 Å². The number of carbonyl (C=O) groups is 2. The van der Waals surface area contributed by atoms with E-state index in [1.54, 1.807) is 0 Å². The van der Waals surface area contributed by atoms with Gasteiger partial charge in [0, 0.05) is 6.42 Å². The third-order valence-corrected chi connectivity index (χ3v) is 11.6. The molecule has 0 saturated heterocycles. The Morgan fingerprint density at radius 1 is 0.455 bits per heavy atom. The largest absolute Gasteiger partial charge is 0.462 e. The van der Waals surface area contributed by atoms with E-state index in [0.29, 0.717) is 19.3 Å². The minimum absolute atomic E-state index is 0.0260. The number of aliphatic hydroxyl groups excluding tert-OH is 2. The van der Waals surface area contributed by atoms with Crippen molar-refractivity contribution in [1.82, 2.24) is 5.32 Å². The van der Waals surface area contributed by atoms with Gasteiger partial charge < -0.3 is 20.3 Å². The van der Waals surface area contributed by atoms with Gasteiger partial charge in [0.15, 0.2) is 0 Å². The number of ether oxygens (including phenoxy) is 1. The number of hydrogen-bond donors (Lipinski definition) is 3. The van der Waals surface area contributed by atoms with E-state index in [4.69, 9.17) is 4.74 Å². The number of nitrogens with one attached hydrogen (secondary N) is 1. The van der Waals surface area contributed by atoms with Gasteiger partial charge in [-0.3, -0.25) is 9.59 Å². The van der Waals surface area contributed by atoms with Crippen LogP contribution in [0, 0.1) is 0 Å². The van der Waals surface area contributed by atoms with Crippen molar-refractivity contribution in [2.45, 2.75) is 251 Å². The Labute approximate surface area is 407 Å². The first-order chi connectivity index (χ1) is 32.5. The van der Waals surface area contributed by atoms with Crippen molar-refractivity contribution >= 4 is 11.9 Å². The van der Waals surface area contributed by atoms with Gasteiger partial charge in [-0.1, -0.05) is 233 Å². The first-order valence-electron chi connectivity index (χ1n) is 27.1. The summed E-state index contributed by atoms with van der Waals surface area (Å²) in [5.74, 6) is -0.603. The summed E-state index contributed by atoms with van der Waals surface area (Å²) in [6.45, 7) is 6.23. The molecule has 6 heteroatoms. The van der Waals surface area contributed by atoms with Crippen molar-refractivity contribution in [3.63, 3.8) is 0 Å². The van der Waals surface area contributed by atoms with Crippen LogP contribution in [0.4, 0.5) is 0 Å². The second kappa shape index (κ2) is 52.5. The van der Waals surface area contributed by atoms with Crippen molar-refractivity contribution in [2.75, 3.05) is 6.61 Å². The molecule has 0 aromatic carbocycles. The number of allylic oxidation sites excluding steroid dienone is 18. The predicted octanol–water partition coefficient (Wildman–Crippen LogP) is 16.7. The second-order valence-electron chi connectivity index (χ2n) is 17.9. The van der Waals surface area contributed by atoms with Crippen LogP contribution < -0.4 is 5.32 Å². The van der Waals surface area contributed by atoms with Crippen LogP contribution in [-0.4, -0.2) is 46.9 Å². The molecule has 1 amide bonds. The molecule has 0 fully saturated rings. The summed E-state index contributed by atoms with van der Waals surface area (Å²) < 4.78 is 5.89. The maximum Gasteiger partial charge on any atom is 0.306 e. The number of amides is 1. The Bertz CT molecular complexity index is 1350. The molecule has 376 valence electrons. The monoisotopic (exact) mass is 916 g/mol. The lowest BCUT2D eigenvalue weighted by Crippen LogP contribution is -2.46. The van der Waals surface area contributed by atoms with E-state index in [9.17, 15) is 19.8 Å². The molecule has 0 saturated carbocycles. The van der Waals surface area contributed by atoms with E-state index < -0.39 is 18.2 Å². The van der Waals surface area contributed by atoms with Crippen LogP contribution in [0.1, 0.15) is 233 Å². The van der Waals surface area contributed by atoms with Crippen LogP contribution in [0.25, 0.3) is 0 Å². The smallest absolute Gasteiger partial charge is 0.306 e. The molecule has 3 N–H and O–H groups in total. The van der Waals surface area contributed by atoms with E-state index in [0.717, 1.165) is 109 Å². The average molecular weight is 916 g/mol. The minimum Gasteiger partial charge on any atom is -0.462 e. The van der Waals surface area contributed by atoms with Gasteiger partial charge >= 0.3 is 5.97 Å². The third kappa shape index (κ3) is 47.0. The fourth-order valence-electron chi connectivity index (χ4n) is 7.59. The van der Waals surface area contributed by atoms with E-state index in [-0.39, 0.29) is 31.3 Å². The standard InChI is InChI=1S/C60H101NO5/c1-4-7-10-13-16-19-22-25-28-29-30-31-32-35-38-41-44-47-50-53-60(65)66-56(51-48-45-42-39-36-33-26-23-20-17-14-11-8-5-2)54-59(64)61-57(55-62)58(63)52-49-46-43-40-37-34-27-24-21-18-15-12-9-6-3/h7-8,10-11,16-17,19-20,25-26,28,30-31,33,35,38,44,47,56-58,62-63H,4-6,9,12-15,18,21-24,27,29,32,34,36-37,39-43,45-46,48-55H2,1-3H3,(H,61,64)/b10-7-,11-8+,19-16-,20-17+,28-25-,31-30-,33-26+,38-35-,47-44-. The van der Waals surface area contributed by atoms with Gasteiger partial charge in [-0.05, 0) is 96.3 Å². The Morgan fingerprint density at radius 3 is 1.24 bits per heavy atom. The van der Waals surface area contributed by atoms with Crippen molar-refractivity contribution < 1.29 is 24.5 Å². The fraction of sp³-hybridized carbons (Fsp3) is 0.667. The summed E-state index contributed by atoms with van der Waals surface area (Å²) in [4.78, 5) is 26.2. The Balaban J connectivity index is 4.73. The van der Waals surface area contributed by atoms with Gasteiger partial charge in [-0.25, -0.2) is 0 Å². The zero-order valence-electron chi connectivity index (χ0n) is 42.8. The number of hydrogen-bond acceptors (Lipinski definition) is 5. The van der Waals surface area contributed by atoms with Crippen LogP contribution in [0.2, 0.25) is 0 Å². The van der Waals surface area contributed by atoms with Crippen LogP contribution in [0.3, 0.4) is 0 Å². The maximum atomic E-state index is 13.2. The summed E-state index contributed by atoms with van der Waals surface area (Å²) in [6.07, 6.45) is 71.6. The lowest BCUT2D eigenvalue weighted by molar-refractivity contribution is -0.150. The molecule has 3 atom stereocenters. The first kappa shape index (κ1) is 62.5. The molecular weight excluding hydrogens is 815 g/mol. The number of unbranched alkanes of at least 4 members (excludes halogenated alkanes) is 17. The summed E-state index contributed by atoms with van der Waals surface area (Å²) >= 11 is 0. The highest BCUT2D eigenvalue weighted by Gasteiger charge is 2.24. The Morgan fingerprint density at radius 2 is 0.818 bits per heavy atom. The molecule has 0 rings (SSSR count). The molecule has 0 aliphatic carbocycles. The molecule has 0 radical (unpaired) electrons. The Hall–Kier alpha value is -3.48. The summed E-state index contributed by atoms with van der Waals surface area (Å²) in [6, 6.07) is -0.731. The van der Waals surface area contributed by atoms with Gasteiger partial charge in [-0.15, -0.1) is 0 Å². The molecule has 6 nitrogen and oxygen atoms in total. The molecule has 0 bridgehead atoms. The molecule has 0 aromatic rings. The normalized spacial score (nSPS) is 14.1. The first-order valence-corrected chi connectivity index (χ1v) is 27.1. The van der Waals surface area contributed by atoms with E-state index in [1.807, 2.05) is 6.08 Å². The molecular formula is C60H101NO5. The van der Waals surface area contributed by atoms with Crippen LogP contribution in [0.5, 0.6) is 0 Å². The number of rotatable bonds is 47. The average Bonchev–Trinajstić information content (AvgIpc) is 3.31. The predicted molar refractivity (Wildman–Crippen MR) is 287 cm³/mol. The molecule has 66 heavy (non-hydrogen) atoms. The fourth-order valence-corrected chi connectivity index (χ4v) is 7.59. The molecule has 0 aromatic heterocycles. The van der Waals surface area contributed by atoms with Crippen molar-refractivity contribution in [3.05, 3.63) is 109 Å². The molecule has 0 spiro atoms. The van der Waals surface area contributed by atoms with Crippen LogP contribution in [-0.2, 0) is 14.3 Å². The van der Waals surface area contributed by atoms with Gasteiger partial charge in [0.05, 0.1) is 25.2 Å². The lowest BCUT2D eigenvalue weighted by atomic mass is 10.0. The zero-order chi connectivity index (χ0) is 48.1. The SMILES string of the molecule is CC/C=C\C/C=C\C/C=C\C/C=C\C/C=C\C/C=C\CCC(=O)OC(CCCCCC/C=C/C/C=C/C/C=C/CC)CC(=O)NC(CO)C(O)CCCCCCCCCCCCCCCC. The van der Waals surface area contributed by atoms with Gasteiger partial charge in [-0.2, -0.15) is 0 Å².